The van der Waals surface area contributed by atoms with Crippen molar-refractivity contribution in [1.82, 2.24) is 4.98 Å². The number of carboxylic acid groups (broad SMARTS) is 1. The van der Waals surface area contributed by atoms with E-state index in [1.807, 2.05) is 11.8 Å². The summed E-state index contributed by atoms with van der Waals surface area (Å²) in [6.45, 7) is 3.12. The van der Waals surface area contributed by atoms with Crippen LogP contribution in [0.5, 0.6) is 0 Å². The van der Waals surface area contributed by atoms with E-state index < -0.39 is 11.9 Å². The van der Waals surface area contributed by atoms with E-state index in [4.69, 9.17) is 10.8 Å². The third-order valence-electron chi connectivity index (χ3n) is 3.43. The van der Waals surface area contributed by atoms with Gasteiger partial charge >= 0.3 is 5.97 Å². The lowest BCUT2D eigenvalue weighted by Crippen LogP contribution is -2.26. The van der Waals surface area contributed by atoms with Crippen LogP contribution in [0.4, 0.5) is 5.82 Å². The highest BCUT2D eigenvalue weighted by atomic mass is 16.4. The predicted octanol–water partition coefficient (Wildman–Crippen LogP) is 0.790. The first kappa shape index (κ1) is 13.3. The summed E-state index contributed by atoms with van der Waals surface area (Å²) in [5.74, 6) is -0.623. The first-order valence-corrected chi connectivity index (χ1v) is 6.21. The van der Waals surface area contributed by atoms with Crippen molar-refractivity contribution >= 4 is 17.7 Å². The molecule has 1 aliphatic heterocycles. The molecule has 6 heteroatoms. The second kappa shape index (κ2) is 5.26. The normalized spacial score (nSPS) is 18.6. The van der Waals surface area contributed by atoms with Crippen LogP contribution in [0.1, 0.15) is 28.8 Å². The van der Waals surface area contributed by atoms with Crippen LogP contribution < -0.4 is 10.6 Å². The average Bonchev–Trinajstić information content (AvgIpc) is 2.75. The quantitative estimate of drug-likeness (QED) is 0.837. The summed E-state index contributed by atoms with van der Waals surface area (Å²) in [6, 6.07) is 1.74. The number of aromatic nitrogens is 1. The van der Waals surface area contributed by atoms with E-state index in [0.29, 0.717) is 24.5 Å². The molecule has 0 saturated carbocycles. The number of carboxylic acids is 1. The van der Waals surface area contributed by atoms with Crippen molar-refractivity contribution in [2.24, 2.45) is 11.7 Å². The lowest BCUT2D eigenvalue weighted by molar-refractivity contribution is -0.137. The summed E-state index contributed by atoms with van der Waals surface area (Å²) >= 11 is 0. The molecule has 0 aliphatic carbocycles. The Bertz CT molecular complexity index is 516. The number of primary amides is 1. The Morgan fingerprint density at radius 1 is 1.58 bits per heavy atom. The number of pyridine rings is 1. The molecule has 2 heterocycles. The van der Waals surface area contributed by atoms with Gasteiger partial charge in [0.2, 0.25) is 0 Å². The number of hydrogen-bond acceptors (Lipinski definition) is 4. The highest BCUT2D eigenvalue weighted by Gasteiger charge is 2.28. The minimum absolute atomic E-state index is 0.0977. The molecule has 0 radical (unpaired) electrons. The minimum Gasteiger partial charge on any atom is -0.481 e. The van der Waals surface area contributed by atoms with Gasteiger partial charge in [-0.25, -0.2) is 4.98 Å². The fourth-order valence-corrected chi connectivity index (χ4v) is 2.53. The first-order chi connectivity index (χ1) is 8.99. The number of nitrogens with zero attached hydrogens (tertiary/aromatic N) is 2. The van der Waals surface area contributed by atoms with Crippen molar-refractivity contribution in [3.63, 3.8) is 0 Å². The lowest BCUT2D eigenvalue weighted by Gasteiger charge is -2.20. The van der Waals surface area contributed by atoms with Gasteiger partial charge in [0.15, 0.2) is 0 Å². The SMILES string of the molecule is Cc1ccnc(N2CCC(CC(=O)O)C2)c1C(N)=O. The van der Waals surface area contributed by atoms with E-state index in [2.05, 4.69) is 4.98 Å². The van der Waals surface area contributed by atoms with E-state index >= 15 is 0 Å². The van der Waals surface area contributed by atoms with Crippen LogP contribution in [0, 0.1) is 12.8 Å². The van der Waals surface area contributed by atoms with Gasteiger partial charge in [-0.15, -0.1) is 0 Å². The van der Waals surface area contributed by atoms with Crippen molar-refractivity contribution in [2.45, 2.75) is 19.8 Å². The van der Waals surface area contributed by atoms with Crippen LogP contribution in [0.2, 0.25) is 0 Å². The topological polar surface area (TPSA) is 96.5 Å². The van der Waals surface area contributed by atoms with Gasteiger partial charge in [-0.1, -0.05) is 0 Å². The Labute approximate surface area is 111 Å². The molecule has 19 heavy (non-hydrogen) atoms. The van der Waals surface area contributed by atoms with Crippen LogP contribution >= 0.6 is 0 Å². The van der Waals surface area contributed by atoms with Crippen LogP contribution in [-0.2, 0) is 4.79 Å². The molecular formula is C13H17N3O3. The summed E-state index contributed by atoms with van der Waals surface area (Å²) in [6.07, 6.45) is 2.58. The van der Waals surface area contributed by atoms with Gasteiger partial charge in [0.05, 0.1) is 5.56 Å². The second-order valence-electron chi connectivity index (χ2n) is 4.89. The van der Waals surface area contributed by atoms with E-state index in [1.54, 1.807) is 12.3 Å². The number of carbonyl (C=O) groups is 2. The summed E-state index contributed by atoms with van der Waals surface area (Å²) in [5.41, 5.74) is 6.62. The molecule has 2 rings (SSSR count). The maximum absolute atomic E-state index is 11.5. The Balaban J connectivity index is 2.22. The predicted molar refractivity (Wildman–Crippen MR) is 70.1 cm³/mol. The van der Waals surface area contributed by atoms with Crippen molar-refractivity contribution in [1.29, 1.82) is 0 Å². The summed E-state index contributed by atoms with van der Waals surface area (Å²) in [4.78, 5) is 28.4. The Kier molecular flexibility index (Phi) is 3.69. The molecule has 1 unspecified atom stereocenters. The summed E-state index contributed by atoms with van der Waals surface area (Å²) < 4.78 is 0. The number of aryl methyl sites for hydroxylation is 1. The fourth-order valence-electron chi connectivity index (χ4n) is 2.53. The molecule has 0 bridgehead atoms. The van der Waals surface area contributed by atoms with Crippen molar-refractivity contribution in [3.8, 4) is 0 Å². The number of anilines is 1. The molecule has 1 aliphatic rings. The van der Waals surface area contributed by atoms with E-state index in [0.717, 1.165) is 12.0 Å². The van der Waals surface area contributed by atoms with E-state index in [1.165, 1.54) is 0 Å². The average molecular weight is 263 g/mol. The van der Waals surface area contributed by atoms with E-state index in [9.17, 15) is 9.59 Å². The van der Waals surface area contributed by atoms with Crippen LogP contribution in [0.25, 0.3) is 0 Å². The van der Waals surface area contributed by atoms with Crippen molar-refractivity contribution < 1.29 is 14.7 Å². The third-order valence-corrected chi connectivity index (χ3v) is 3.43. The maximum atomic E-state index is 11.5. The first-order valence-electron chi connectivity index (χ1n) is 6.21. The molecule has 0 aromatic carbocycles. The van der Waals surface area contributed by atoms with Crippen molar-refractivity contribution in [3.05, 3.63) is 23.4 Å². The number of carbonyl (C=O) groups excluding carboxylic acids is 1. The molecular weight excluding hydrogens is 246 g/mol. The summed E-state index contributed by atoms with van der Waals surface area (Å²) in [5, 5.41) is 8.81. The third kappa shape index (κ3) is 2.83. The molecule has 3 N–H and O–H groups in total. The highest BCUT2D eigenvalue weighted by Crippen LogP contribution is 2.28. The monoisotopic (exact) mass is 263 g/mol. The van der Waals surface area contributed by atoms with Crippen LogP contribution in [0.15, 0.2) is 12.3 Å². The second-order valence-corrected chi connectivity index (χ2v) is 4.89. The van der Waals surface area contributed by atoms with Gasteiger partial charge in [0.25, 0.3) is 5.91 Å². The zero-order chi connectivity index (χ0) is 14.0. The minimum atomic E-state index is -0.792. The van der Waals surface area contributed by atoms with Gasteiger partial charge in [-0.3, -0.25) is 9.59 Å². The Hall–Kier alpha value is -2.11. The molecule has 6 nitrogen and oxygen atoms in total. The molecule has 1 aromatic heterocycles. The molecule has 1 fully saturated rings. The van der Waals surface area contributed by atoms with Crippen LogP contribution in [0.3, 0.4) is 0 Å². The number of nitrogens with two attached hydrogens (primary N) is 1. The van der Waals surface area contributed by atoms with E-state index in [-0.39, 0.29) is 12.3 Å². The lowest BCUT2D eigenvalue weighted by atomic mass is 10.1. The molecule has 1 aromatic rings. The molecule has 1 amide bonds. The number of aliphatic carboxylic acids is 1. The van der Waals surface area contributed by atoms with Gasteiger partial charge < -0.3 is 15.7 Å². The standard InChI is InChI=1S/C13H17N3O3/c1-8-2-4-15-13(11(8)12(14)19)16-5-3-9(7-16)6-10(17)18/h2,4,9H,3,5-7H2,1H3,(H2,14,19)(H,17,18). The Morgan fingerprint density at radius 2 is 2.32 bits per heavy atom. The number of rotatable bonds is 4. The Morgan fingerprint density at radius 3 is 2.95 bits per heavy atom. The fraction of sp³-hybridized carbons (Fsp3) is 0.462. The molecule has 1 atom stereocenters. The smallest absolute Gasteiger partial charge is 0.303 e. The molecule has 0 spiro atoms. The maximum Gasteiger partial charge on any atom is 0.303 e. The largest absolute Gasteiger partial charge is 0.481 e. The van der Waals surface area contributed by atoms with Crippen LogP contribution in [-0.4, -0.2) is 35.1 Å². The van der Waals surface area contributed by atoms with Gasteiger partial charge in [0.1, 0.15) is 5.82 Å². The number of hydrogen-bond donors (Lipinski definition) is 2. The highest BCUT2D eigenvalue weighted by molar-refractivity contribution is 5.99. The number of amides is 1. The zero-order valence-corrected chi connectivity index (χ0v) is 10.8. The summed E-state index contributed by atoms with van der Waals surface area (Å²) in [7, 11) is 0. The zero-order valence-electron chi connectivity index (χ0n) is 10.8. The van der Waals surface area contributed by atoms with Crippen molar-refractivity contribution in [2.75, 3.05) is 18.0 Å². The van der Waals surface area contributed by atoms with Gasteiger partial charge in [-0.2, -0.15) is 0 Å². The molecule has 102 valence electrons. The van der Waals surface area contributed by atoms with Gasteiger partial charge in [-0.05, 0) is 30.9 Å². The molecule has 1 saturated heterocycles. The van der Waals surface area contributed by atoms with Gasteiger partial charge in [0, 0.05) is 25.7 Å².